The number of nitrogens with zero attached hydrogens (tertiary/aromatic N) is 3. The molecule has 1 N–H and O–H groups in total. The molecule has 4 heteroatoms. The van der Waals surface area contributed by atoms with Crippen molar-refractivity contribution in [2.45, 2.75) is 6.42 Å². The Bertz CT molecular complexity index is 2700. The van der Waals surface area contributed by atoms with Gasteiger partial charge in [-0.05, 0) is 94.4 Å². The Morgan fingerprint density at radius 1 is 0.404 bits per heavy atom. The summed E-state index contributed by atoms with van der Waals surface area (Å²) in [5.41, 5.74) is 13.9. The standard InChI is InChI=1S/C53H39N3O/c57-51-29-14-13-26-48(51)50-37-43(40-20-7-2-8-21-40)36-49(55-50)44-33-39(32-38-18-5-1-6-19-38)34-45(35-44)56(52-30-15-16-31-54-52)53-46(41-22-9-3-10-23-41)27-17-28-47(53)42-24-11-4-12-25-42/h1-31,33-37,57H,32H2. The molecule has 272 valence electrons. The fourth-order valence-electron chi connectivity index (χ4n) is 7.54. The van der Waals surface area contributed by atoms with Gasteiger partial charge in [0.25, 0.3) is 0 Å². The third-order valence-electron chi connectivity index (χ3n) is 10.2. The average Bonchev–Trinajstić information content (AvgIpc) is 3.28. The molecule has 0 bridgehead atoms. The highest BCUT2D eigenvalue weighted by Crippen LogP contribution is 2.47. The van der Waals surface area contributed by atoms with Crippen molar-refractivity contribution in [3.63, 3.8) is 0 Å². The molecule has 7 aromatic carbocycles. The predicted molar refractivity (Wildman–Crippen MR) is 235 cm³/mol. The fourth-order valence-corrected chi connectivity index (χ4v) is 7.54. The van der Waals surface area contributed by atoms with Crippen LogP contribution in [0.15, 0.2) is 219 Å². The number of phenolic OH excluding ortho intramolecular Hbond substituents is 1. The molecule has 9 aromatic rings. The van der Waals surface area contributed by atoms with Crippen molar-refractivity contribution >= 4 is 17.2 Å². The highest BCUT2D eigenvalue weighted by molar-refractivity contribution is 5.97. The van der Waals surface area contributed by atoms with Crippen molar-refractivity contribution in [3.8, 4) is 61.6 Å². The summed E-state index contributed by atoms with van der Waals surface area (Å²) in [5, 5.41) is 11.1. The van der Waals surface area contributed by atoms with Crippen LogP contribution in [0.4, 0.5) is 17.2 Å². The lowest BCUT2D eigenvalue weighted by Gasteiger charge is -2.30. The van der Waals surface area contributed by atoms with Crippen molar-refractivity contribution in [1.82, 2.24) is 9.97 Å². The number of benzene rings is 7. The van der Waals surface area contributed by atoms with E-state index in [1.807, 2.05) is 54.7 Å². The van der Waals surface area contributed by atoms with Crippen LogP contribution in [0.1, 0.15) is 11.1 Å². The Balaban J connectivity index is 1.33. The molecule has 0 saturated carbocycles. The van der Waals surface area contributed by atoms with Gasteiger partial charge in [-0.2, -0.15) is 0 Å². The topological polar surface area (TPSA) is 49.2 Å². The Morgan fingerprint density at radius 2 is 0.965 bits per heavy atom. The number of hydrogen-bond donors (Lipinski definition) is 1. The van der Waals surface area contributed by atoms with Gasteiger partial charge < -0.3 is 5.11 Å². The van der Waals surface area contributed by atoms with E-state index in [2.05, 4.69) is 163 Å². The third kappa shape index (κ3) is 7.57. The zero-order valence-corrected chi connectivity index (χ0v) is 31.3. The zero-order chi connectivity index (χ0) is 38.4. The number of phenols is 1. The first kappa shape index (κ1) is 35.2. The second-order valence-corrected chi connectivity index (χ2v) is 14.0. The molecule has 0 fully saturated rings. The summed E-state index contributed by atoms with van der Waals surface area (Å²) in [5.74, 6) is 0.980. The average molecular weight is 734 g/mol. The Labute approximate surface area is 333 Å². The molecule has 9 rings (SSSR count). The lowest BCUT2D eigenvalue weighted by molar-refractivity contribution is 0.477. The summed E-state index contributed by atoms with van der Waals surface area (Å²) in [6.07, 6.45) is 2.57. The molecular weight excluding hydrogens is 695 g/mol. The summed E-state index contributed by atoms with van der Waals surface area (Å²) < 4.78 is 0. The Hall–Kier alpha value is -7.56. The van der Waals surface area contributed by atoms with Crippen LogP contribution < -0.4 is 4.90 Å². The highest BCUT2D eigenvalue weighted by Gasteiger charge is 2.24. The molecule has 0 unspecified atom stereocenters. The van der Waals surface area contributed by atoms with Crippen LogP contribution in [0, 0.1) is 0 Å². The summed E-state index contributed by atoms with van der Waals surface area (Å²) >= 11 is 0. The van der Waals surface area contributed by atoms with E-state index in [1.54, 1.807) is 6.07 Å². The number of hydrogen-bond acceptors (Lipinski definition) is 4. The van der Waals surface area contributed by atoms with Crippen molar-refractivity contribution in [2.75, 3.05) is 4.90 Å². The molecule has 2 heterocycles. The maximum Gasteiger partial charge on any atom is 0.137 e. The van der Waals surface area contributed by atoms with Crippen LogP contribution in [0.2, 0.25) is 0 Å². The van der Waals surface area contributed by atoms with E-state index >= 15 is 0 Å². The third-order valence-corrected chi connectivity index (χ3v) is 10.2. The minimum atomic E-state index is 0.187. The Morgan fingerprint density at radius 3 is 1.60 bits per heavy atom. The SMILES string of the molecule is Oc1ccccc1-c1cc(-c2ccccc2)cc(-c2cc(Cc3ccccc3)cc(N(c3ccccn3)c3c(-c4ccccc4)cccc3-c3ccccc3)c2)n1. The number of para-hydroxylation sites is 2. The first-order valence-electron chi connectivity index (χ1n) is 19.2. The molecule has 0 aliphatic heterocycles. The van der Waals surface area contributed by atoms with Crippen LogP contribution in [0.5, 0.6) is 5.75 Å². The van der Waals surface area contributed by atoms with Gasteiger partial charge in [-0.25, -0.2) is 9.97 Å². The van der Waals surface area contributed by atoms with Crippen LogP contribution in [-0.4, -0.2) is 15.1 Å². The van der Waals surface area contributed by atoms with Crippen molar-refractivity contribution in [3.05, 3.63) is 230 Å². The van der Waals surface area contributed by atoms with Gasteiger partial charge in [0, 0.05) is 34.1 Å². The van der Waals surface area contributed by atoms with Crippen molar-refractivity contribution < 1.29 is 5.11 Å². The van der Waals surface area contributed by atoms with Gasteiger partial charge in [0.1, 0.15) is 11.6 Å². The molecular formula is C53H39N3O. The molecule has 0 atom stereocenters. The number of aromatic hydroxyl groups is 1. The van der Waals surface area contributed by atoms with E-state index in [0.717, 1.165) is 67.4 Å². The first-order chi connectivity index (χ1) is 28.2. The lowest BCUT2D eigenvalue weighted by Crippen LogP contribution is -2.14. The van der Waals surface area contributed by atoms with Crippen LogP contribution in [0.25, 0.3) is 55.9 Å². The fraction of sp³-hybridized carbons (Fsp3) is 0.0189. The van der Waals surface area contributed by atoms with E-state index in [0.29, 0.717) is 17.7 Å². The van der Waals surface area contributed by atoms with Gasteiger partial charge in [-0.3, -0.25) is 4.90 Å². The van der Waals surface area contributed by atoms with Gasteiger partial charge in [-0.1, -0.05) is 158 Å². The molecule has 0 aliphatic carbocycles. The molecule has 0 spiro atoms. The number of pyridine rings is 2. The second kappa shape index (κ2) is 16.0. The monoisotopic (exact) mass is 733 g/mol. The van der Waals surface area contributed by atoms with E-state index in [-0.39, 0.29) is 5.75 Å². The summed E-state index contributed by atoms with van der Waals surface area (Å²) in [6.45, 7) is 0. The smallest absolute Gasteiger partial charge is 0.137 e. The maximum atomic E-state index is 11.1. The normalized spacial score (nSPS) is 10.9. The van der Waals surface area contributed by atoms with Crippen LogP contribution in [0.3, 0.4) is 0 Å². The first-order valence-corrected chi connectivity index (χ1v) is 19.2. The molecule has 0 aliphatic rings. The van der Waals surface area contributed by atoms with Gasteiger partial charge in [0.2, 0.25) is 0 Å². The quantitative estimate of drug-likeness (QED) is 0.152. The van der Waals surface area contributed by atoms with E-state index in [1.165, 1.54) is 5.56 Å². The summed E-state index contributed by atoms with van der Waals surface area (Å²) in [7, 11) is 0. The predicted octanol–water partition coefficient (Wildman–Crippen LogP) is 13.6. The van der Waals surface area contributed by atoms with Crippen LogP contribution in [-0.2, 0) is 6.42 Å². The van der Waals surface area contributed by atoms with Crippen molar-refractivity contribution in [1.29, 1.82) is 0 Å². The van der Waals surface area contributed by atoms with Gasteiger partial charge in [0.05, 0.1) is 17.1 Å². The number of rotatable bonds is 10. The van der Waals surface area contributed by atoms with Gasteiger partial charge in [0.15, 0.2) is 0 Å². The van der Waals surface area contributed by atoms with Gasteiger partial charge in [-0.15, -0.1) is 0 Å². The molecule has 0 saturated heterocycles. The van der Waals surface area contributed by atoms with Crippen molar-refractivity contribution in [2.24, 2.45) is 0 Å². The molecule has 0 amide bonds. The summed E-state index contributed by atoms with van der Waals surface area (Å²) in [6, 6.07) is 73.1. The molecule has 4 nitrogen and oxygen atoms in total. The number of anilines is 3. The summed E-state index contributed by atoms with van der Waals surface area (Å²) in [4.78, 5) is 12.6. The lowest BCUT2D eigenvalue weighted by atomic mass is 9.93. The van der Waals surface area contributed by atoms with E-state index in [9.17, 15) is 5.11 Å². The maximum absolute atomic E-state index is 11.1. The van der Waals surface area contributed by atoms with Crippen LogP contribution >= 0.6 is 0 Å². The minimum absolute atomic E-state index is 0.187. The number of aromatic nitrogens is 2. The largest absolute Gasteiger partial charge is 0.507 e. The minimum Gasteiger partial charge on any atom is -0.507 e. The molecule has 2 aromatic heterocycles. The van der Waals surface area contributed by atoms with E-state index < -0.39 is 0 Å². The second-order valence-electron chi connectivity index (χ2n) is 14.0. The molecule has 0 radical (unpaired) electrons. The highest BCUT2D eigenvalue weighted by atomic mass is 16.3. The molecule has 57 heavy (non-hydrogen) atoms. The zero-order valence-electron chi connectivity index (χ0n) is 31.3. The van der Waals surface area contributed by atoms with Gasteiger partial charge >= 0.3 is 0 Å². The van der Waals surface area contributed by atoms with E-state index in [4.69, 9.17) is 9.97 Å². The Kier molecular flexibility index (Phi) is 9.89.